The number of carboxylic acid groups (broad SMARTS) is 1. The standard InChI is InChI=1S/C12H12ClNO4S/c1-7(12(17)18)19-6-10(15)14-11(16)8-4-2-3-5-9(8)13/h2-5,7H,6H2,1H3,(H,17,18)(H,14,15,16). The van der Waals surface area contributed by atoms with Crippen LogP contribution in [0.2, 0.25) is 5.02 Å². The van der Waals surface area contributed by atoms with E-state index in [1.54, 1.807) is 18.2 Å². The van der Waals surface area contributed by atoms with Crippen molar-refractivity contribution in [2.75, 3.05) is 5.75 Å². The lowest BCUT2D eigenvalue weighted by Gasteiger charge is -2.07. The van der Waals surface area contributed by atoms with Crippen molar-refractivity contribution >= 4 is 41.1 Å². The van der Waals surface area contributed by atoms with Crippen LogP contribution in [0.15, 0.2) is 24.3 Å². The van der Waals surface area contributed by atoms with Crippen LogP contribution in [0.3, 0.4) is 0 Å². The first-order valence-electron chi connectivity index (χ1n) is 5.35. The maximum Gasteiger partial charge on any atom is 0.316 e. The van der Waals surface area contributed by atoms with Crippen LogP contribution in [0, 0.1) is 0 Å². The van der Waals surface area contributed by atoms with Crippen LogP contribution in [-0.2, 0) is 9.59 Å². The number of rotatable bonds is 5. The Hall–Kier alpha value is -1.53. The maximum atomic E-state index is 11.7. The van der Waals surface area contributed by atoms with Gasteiger partial charge in [-0.2, -0.15) is 0 Å². The zero-order chi connectivity index (χ0) is 14.4. The lowest BCUT2D eigenvalue weighted by molar-refractivity contribution is -0.136. The Morgan fingerprint density at radius 3 is 2.58 bits per heavy atom. The lowest BCUT2D eigenvalue weighted by atomic mass is 10.2. The number of aliphatic carboxylic acids is 1. The van der Waals surface area contributed by atoms with Crippen molar-refractivity contribution in [1.82, 2.24) is 5.32 Å². The highest BCUT2D eigenvalue weighted by Crippen LogP contribution is 2.15. The largest absolute Gasteiger partial charge is 0.480 e. The summed E-state index contributed by atoms with van der Waals surface area (Å²) in [6.07, 6.45) is 0. The first-order valence-corrected chi connectivity index (χ1v) is 6.77. The Kier molecular flexibility index (Phi) is 5.85. The summed E-state index contributed by atoms with van der Waals surface area (Å²) in [5.41, 5.74) is 0.203. The third-order valence-corrected chi connectivity index (χ3v) is 3.64. The van der Waals surface area contributed by atoms with Crippen LogP contribution in [0.25, 0.3) is 0 Å². The predicted octanol–water partition coefficient (Wildman–Crippen LogP) is 1.80. The van der Waals surface area contributed by atoms with Crippen LogP contribution < -0.4 is 5.32 Å². The van der Waals surface area contributed by atoms with Crippen LogP contribution >= 0.6 is 23.4 Å². The van der Waals surface area contributed by atoms with Crippen LogP contribution in [0.1, 0.15) is 17.3 Å². The van der Waals surface area contributed by atoms with E-state index in [1.807, 2.05) is 0 Å². The molecule has 7 heteroatoms. The molecule has 1 rings (SSSR count). The summed E-state index contributed by atoms with van der Waals surface area (Å²) in [6, 6.07) is 6.35. The molecule has 0 saturated heterocycles. The molecule has 1 aromatic rings. The molecule has 102 valence electrons. The number of halogens is 1. The van der Waals surface area contributed by atoms with Gasteiger partial charge in [0.15, 0.2) is 0 Å². The third-order valence-electron chi connectivity index (χ3n) is 2.18. The first-order chi connectivity index (χ1) is 8.91. The zero-order valence-electron chi connectivity index (χ0n) is 10.1. The van der Waals surface area contributed by atoms with Crippen molar-refractivity contribution in [3.8, 4) is 0 Å². The van der Waals surface area contributed by atoms with Gasteiger partial charge in [0.25, 0.3) is 5.91 Å². The van der Waals surface area contributed by atoms with Crippen molar-refractivity contribution in [2.24, 2.45) is 0 Å². The average Bonchev–Trinajstić information content (AvgIpc) is 2.36. The van der Waals surface area contributed by atoms with E-state index in [-0.39, 0.29) is 16.3 Å². The van der Waals surface area contributed by atoms with Crippen LogP contribution in [-0.4, -0.2) is 33.9 Å². The van der Waals surface area contributed by atoms with Crippen molar-refractivity contribution < 1.29 is 19.5 Å². The summed E-state index contributed by atoms with van der Waals surface area (Å²) in [4.78, 5) is 33.8. The Balaban J connectivity index is 2.51. The summed E-state index contributed by atoms with van der Waals surface area (Å²) in [5, 5.41) is 10.4. The maximum absolute atomic E-state index is 11.7. The SMILES string of the molecule is CC(SCC(=O)NC(=O)c1ccccc1Cl)C(=O)O. The van der Waals surface area contributed by atoms with Gasteiger partial charge in [-0.05, 0) is 19.1 Å². The van der Waals surface area contributed by atoms with E-state index in [9.17, 15) is 14.4 Å². The normalized spacial score (nSPS) is 11.7. The highest BCUT2D eigenvalue weighted by Gasteiger charge is 2.16. The number of hydrogen-bond donors (Lipinski definition) is 2. The van der Waals surface area contributed by atoms with Crippen molar-refractivity contribution in [3.05, 3.63) is 34.9 Å². The highest BCUT2D eigenvalue weighted by molar-refractivity contribution is 8.01. The Morgan fingerprint density at radius 1 is 1.37 bits per heavy atom. The molecule has 0 aliphatic carbocycles. The number of carbonyl (C=O) groups excluding carboxylic acids is 2. The Labute approximate surface area is 119 Å². The molecule has 0 bridgehead atoms. The number of hydrogen-bond acceptors (Lipinski definition) is 4. The van der Waals surface area contributed by atoms with Crippen molar-refractivity contribution in [2.45, 2.75) is 12.2 Å². The van der Waals surface area contributed by atoms with Gasteiger partial charge in [0.05, 0.1) is 21.6 Å². The van der Waals surface area contributed by atoms with Gasteiger partial charge >= 0.3 is 5.97 Å². The second-order valence-electron chi connectivity index (χ2n) is 3.65. The fraction of sp³-hybridized carbons (Fsp3) is 0.250. The van der Waals surface area contributed by atoms with E-state index < -0.39 is 23.0 Å². The molecule has 5 nitrogen and oxygen atoms in total. The van der Waals surface area contributed by atoms with E-state index in [1.165, 1.54) is 13.0 Å². The number of amides is 2. The molecular formula is C12H12ClNO4S. The smallest absolute Gasteiger partial charge is 0.316 e. The average molecular weight is 302 g/mol. The number of carbonyl (C=O) groups is 3. The van der Waals surface area contributed by atoms with Crippen molar-refractivity contribution in [3.63, 3.8) is 0 Å². The predicted molar refractivity (Wildman–Crippen MR) is 73.5 cm³/mol. The number of carboxylic acids is 1. The Bertz CT molecular complexity index is 506. The van der Waals surface area contributed by atoms with Crippen LogP contribution in [0.5, 0.6) is 0 Å². The summed E-state index contributed by atoms with van der Waals surface area (Å²) in [5.74, 6) is -2.26. The number of benzene rings is 1. The number of imide groups is 1. The lowest BCUT2D eigenvalue weighted by Crippen LogP contribution is -2.32. The minimum atomic E-state index is -1.00. The van der Waals surface area contributed by atoms with Gasteiger partial charge in [0, 0.05) is 0 Å². The van der Waals surface area contributed by atoms with Gasteiger partial charge in [0.2, 0.25) is 5.91 Å². The van der Waals surface area contributed by atoms with Crippen molar-refractivity contribution in [1.29, 1.82) is 0 Å². The molecule has 0 radical (unpaired) electrons. The first kappa shape index (κ1) is 15.5. The van der Waals surface area contributed by atoms with E-state index >= 15 is 0 Å². The molecule has 0 aliphatic heterocycles. The molecule has 1 unspecified atom stereocenters. The van der Waals surface area contributed by atoms with Gasteiger partial charge < -0.3 is 5.11 Å². The molecular weight excluding hydrogens is 290 g/mol. The molecule has 0 aliphatic rings. The molecule has 0 spiro atoms. The molecule has 1 aromatic carbocycles. The summed E-state index contributed by atoms with van der Waals surface area (Å²) >= 11 is 6.75. The van der Waals surface area contributed by atoms with Gasteiger partial charge in [-0.3, -0.25) is 19.7 Å². The number of thioether (sulfide) groups is 1. The minimum absolute atomic E-state index is 0.107. The zero-order valence-corrected chi connectivity index (χ0v) is 11.6. The molecule has 0 heterocycles. The van der Waals surface area contributed by atoms with E-state index in [2.05, 4.69) is 5.32 Å². The topological polar surface area (TPSA) is 83.5 Å². The van der Waals surface area contributed by atoms with E-state index in [4.69, 9.17) is 16.7 Å². The van der Waals surface area contributed by atoms with Gasteiger partial charge in [0.1, 0.15) is 0 Å². The fourth-order valence-corrected chi connectivity index (χ4v) is 1.99. The summed E-state index contributed by atoms with van der Waals surface area (Å²) in [6.45, 7) is 1.47. The molecule has 1 atom stereocenters. The minimum Gasteiger partial charge on any atom is -0.480 e. The number of nitrogens with one attached hydrogen (secondary N) is 1. The van der Waals surface area contributed by atoms with Gasteiger partial charge in [-0.1, -0.05) is 23.7 Å². The van der Waals surface area contributed by atoms with Gasteiger partial charge in [-0.25, -0.2) is 0 Å². The van der Waals surface area contributed by atoms with Gasteiger partial charge in [-0.15, -0.1) is 11.8 Å². The van der Waals surface area contributed by atoms with Crippen LogP contribution in [0.4, 0.5) is 0 Å². The Morgan fingerprint density at radius 2 is 2.00 bits per heavy atom. The molecule has 0 fully saturated rings. The molecule has 0 aromatic heterocycles. The summed E-state index contributed by atoms with van der Waals surface area (Å²) < 4.78 is 0. The second-order valence-corrected chi connectivity index (χ2v) is 5.38. The molecule has 0 saturated carbocycles. The fourth-order valence-electron chi connectivity index (χ4n) is 1.15. The quantitative estimate of drug-likeness (QED) is 0.866. The molecule has 19 heavy (non-hydrogen) atoms. The second kappa shape index (κ2) is 7.16. The molecule has 2 N–H and O–H groups in total. The van der Waals surface area contributed by atoms with E-state index in [0.717, 1.165) is 11.8 Å². The monoisotopic (exact) mass is 301 g/mol. The summed E-state index contributed by atoms with van der Waals surface area (Å²) in [7, 11) is 0. The molecule has 2 amide bonds. The third kappa shape index (κ3) is 4.92. The highest BCUT2D eigenvalue weighted by atomic mass is 35.5. The van der Waals surface area contributed by atoms with E-state index in [0.29, 0.717) is 0 Å².